The Hall–Kier alpha value is -2.39. The van der Waals surface area contributed by atoms with E-state index in [4.69, 9.17) is 0 Å². The molecule has 2 aromatic carbocycles. The third kappa shape index (κ3) is 5.54. The summed E-state index contributed by atoms with van der Waals surface area (Å²) in [6, 6.07) is 16.5. The number of ketones is 1. The van der Waals surface area contributed by atoms with Crippen molar-refractivity contribution in [2.45, 2.75) is 25.4 Å². The van der Waals surface area contributed by atoms with Crippen molar-refractivity contribution in [1.82, 2.24) is 0 Å². The lowest BCUT2D eigenvalue weighted by atomic mass is 10.0. The minimum atomic E-state index is -0.628. The molecule has 0 saturated heterocycles. The lowest BCUT2D eigenvalue weighted by Crippen LogP contribution is -2.12. The molecule has 2 N–H and O–H groups in total. The van der Waals surface area contributed by atoms with Crippen LogP contribution in [0.3, 0.4) is 0 Å². The second-order valence-corrected chi connectivity index (χ2v) is 5.27. The molecule has 0 aliphatic rings. The molecule has 0 fully saturated rings. The lowest BCUT2D eigenvalue weighted by Gasteiger charge is -2.08. The van der Waals surface area contributed by atoms with Crippen LogP contribution in [0.5, 0.6) is 5.75 Å². The van der Waals surface area contributed by atoms with Crippen molar-refractivity contribution in [1.29, 1.82) is 0 Å². The van der Waals surface area contributed by atoms with Crippen LogP contribution in [-0.4, -0.2) is 22.1 Å². The zero-order valence-electron chi connectivity index (χ0n) is 12.4. The SMILES string of the molecule is O=C(C=Cc1ccc(O)cc1)C[C@H](O)CCc1ccccc1. The Morgan fingerprint density at radius 2 is 1.73 bits per heavy atom. The average Bonchev–Trinajstić information content (AvgIpc) is 2.53. The van der Waals surface area contributed by atoms with Crippen LogP contribution in [0.1, 0.15) is 24.0 Å². The average molecular weight is 296 g/mol. The number of allylic oxidation sites excluding steroid dienone is 1. The van der Waals surface area contributed by atoms with Gasteiger partial charge in [0.1, 0.15) is 5.75 Å². The van der Waals surface area contributed by atoms with E-state index in [9.17, 15) is 15.0 Å². The van der Waals surface area contributed by atoms with Gasteiger partial charge in [0.25, 0.3) is 0 Å². The van der Waals surface area contributed by atoms with Crippen LogP contribution in [0.25, 0.3) is 6.08 Å². The summed E-state index contributed by atoms with van der Waals surface area (Å²) in [7, 11) is 0. The van der Waals surface area contributed by atoms with E-state index in [1.807, 2.05) is 30.3 Å². The van der Waals surface area contributed by atoms with Gasteiger partial charge in [-0.3, -0.25) is 4.79 Å². The smallest absolute Gasteiger partial charge is 0.158 e. The number of rotatable bonds is 7. The molecule has 3 nitrogen and oxygen atoms in total. The number of hydrogen-bond donors (Lipinski definition) is 2. The number of carbonyl (C=O) groups excluding carboxylic acids is 1. The molecule has 3 heteroatoms. The second-order valence-electron chi connectivity index (χ2n) is 5.27. The molecule has 0 amide bonds. The van der Waals surface area contributed by atoms with E-state index in [0.717, 1.165) is 17.5 Å². The number of aryl methyl sites for hydroxylation is 1. The fourth-order valence-electron chi connectivity index (χ4n) is 2.15. The molecule has 0 radical (unpaired) electrons. The van der Waals surface area contributed by atoms with E-state index in [2.05, 4.69) is 0 Å². The normalized spacial score (nSPS) is 12.4. The topological polar surface area (TPSA) is 57.5 Å². The summed E-state index contributed by atoms with van der Waals surface area (Å²) < 4.78 is 0. The summed E-state index contributed by atoms with van der Waals surface area (Å²) in [6.07, 6.45) is 3.99. The van der Waals surface area contributed by atoms with Crippen LogP contribution in [0.15, 0.2) is 60.7 Å². The maximum Gasteiger partial charge on any atom is 0.158 e. The van der Waals surface area contributed by atoms with Crippen molar-refractivity contribution in [3.8, 4) is 5.75 Å². The Morgan fingerprint density at radius 1 is 1.05 bits per heavy atom. The summed E-state index contributed by atoms with van der Waals surface area (Å²) >= 11 is 0. The monoisotopic (exact) mass is 296 g/mol. The largest absolute Gasteiger partial charge is 0.508 e. The number of aliphatic hydroxyl groups is 1. The number of aliphatic hydroxyl groups excluding tert-OH is 1. The minimum Gasteiger partial charge on any atom is -0.508 e. The molecule has 1 atom stereocenters. The minimum absolute atomic E-state index is 0.103. The van der Waals surface area contributed by atoms with Crippen LogP contribution in [0.2, 0.25) is 0 Å². The van der Waals surface area contributed by atoms with Crippen molar-refractivity contribution in [3.63, 3.8) is 0 Å². The van der Waals surface area contributed by atoms with Crippen molar-refractivity contribution in [2.24, 2.45) is 0 Å². The Morgan fingerprint density at radius 3 is 2.41 bits per heavy atom. The number of benzene rings is 2. The molecule has 0 saturated carbocycles. The van der Waals surface area contributed by atoms with E-state index in [-0.39, 0.29) is 18.0 Å². The van der Waals surface area contributed by atoms with Crippen molar-refractivity contribution in [3.05, 3.63) is 71.8 Å². The molecular formula is C19H20O3. The number of hydrogen-bond acceptors (Lipinski definition) is 3. The molecule has 0 bridgehead atoms. The van der Waals surface area contributed by atoms with Crippen molar-refractivity contribution < 1.29 is 15.0 Å². The quantitative estimate of drug-likeness (QED) is 0.770. The van der Waals surface area contributed by atoms with E-state index in [1.54, 1.807) is 30.3 Å². The second kappa shape index (κ2) is 8.15. The number of phenols is 1. The fourth-order valence-corrected chi connectivity index (χ4v) is 2.15. The summed E-state index contributed by atoms with van der Waals surface area (Å²) in [5, 5.41) is 19.1. The molecule has 0 aromatic heterocycles. The maximum absolute atomic E-state index is 11.8. The molecular weight excluding hydrogens is 276 g/mol. The molecule has 2 rings (SSSR count). The van der Waals surface area contributed by atoms with E-state index in [1.165, 1.54) is 6.08 Å². The Labute approximate surface area is 130 Å². The predicted molar refractivity (Wildman–Crippen MR) is 87.5 cm³/mol. The van der Waals surface area contributed by atoms with Gasteiger partial charge in [0, 0.05) is 6.42 Å². The van der Waals surface area contributed by atoms with Gasteiger partial charge in [-0.15, -0.1) is 0 Å². The van der Waals surface area contributed by atoms with E-state index in [0.29, 0.717) is 6.42 Å². The highest BCUT2D eigenvalue weighted by Gasteiger charge is 2.08. The molecule has 0 spiro atoms. The Kier molecular flexibility index (Phi) is 5.92. The van der Waals surface area contributed by atoms with E-state index < -0.39 is 6.10 Å². The van der Waals surface area contributed by atoms with Crippen LogP contribution < -0.4 is 0 Å². The Bertz CT molecular complexity index is 615. The zero-order valence-corrected chi connectivity index (χ0v) is 12.4. The molecule has 0 aliphatic heterocycles. The van der Waals surface area contributed by atoms with Crippen LogP contribution in [-0.2, 0) is 11.2 Å². The zero-order chi connectivity index (χ0) is 15.8. The molecule has 114 valence electrons. The van der Waals surface area contributed by atoms with Gasteiger partial charge in [-0.1, -0.05) is 48.5 Å². The predicted octanol–water partition coefficient (Wildman–Crippen LogP) is 3.36. The van der Waals surface area contributed by atoms with Gasteiger partial charge in [-0.05, 0) is 42.2 Å². The summed E-state index contributed by atoms with van der Waals surface area (Å²) in [4.78, 5) is 11.8. The molecule has 0 unspecified atom stereocenters. The Balaban J connectivity index is 1.77. The maximum atomic E-state index is 11.8. The first kappa shape index (κ1) is 16.0. The number of carbonyl (C=O) groups is 1. The van der Waals surface area contributed by atoms with Crippen molar-refractivity contribution >= 4 is 11.9 Å². The molecule has 0 aliphatic carbocycles. The standard InChI is InChI=1S/C19H20O3/c20-17-10-6-16(7-11-17)9-13-19(22)14-18(21)12-8-15-4-2-1-3-5-15/h1-7,9-11,13,18,20-21H,8,12,14H2/t18-/m1/s1. The lowest BCUT2D eigenvalue weighted by molar-refractivity contribution is -0.116. The molecule has 2 aromatic rings. The first-order chi connectivity index (χ1) is 10.6. The highest BCUT2D eigenvalue weighted by molar-refractivity contribution is 5.93. The van der Waals surface area contributed by atoms with Gasteiger partial charge in [0.15, 0.2) is 5.78 Å². The van der Waals surface area contributed by atoms with Gasteiger partial charge in [-0.2, -0.15) is 0 Å². The third-order valence-corrected chi connectivity index (χ3v) is 3.40. The van der Waals surface area contributed by atoms with Crippen LogP contribution >= 0.6 is 0 Å². The summed E-state index contributed by atoms with van der Waals surface area (Å²) in [5.74, 6) is 0.0912. The van der Waals surface area contributed by atoms with Gasteiger partial charge in [-0.25, -0.2) is 0 Å². The highest BCUT2D eigenvalue weighted by atomic mass is 16.3. The van der Waals surface area contributed by atoms with Gasteiger partial charge >= 0.3 is 0 Å². The fraction of sp³-hybridized carbons (Fsp3) is 0.211. The molecule has 0 heterocycles. The highest BCUT2D eigenvalue weighted by Crippen LogP contribution is 2.12. The van der Waals surface area contributed by atoms with Crippen LogP contribution in [0, 0.1) is 0 Å². The van der Waals surface area contributed by atoms with E-state index >= 15 is 0 Å². The number of aromatic hydroxyl groups is 1. The van der Waals surface area contributed by atoms with Crippen LogP contribution in [0.4, 0.5) is 0 Å². The summed E-state index contributed by atoms with van der Waals surface area (Å²) in [6.45, 7) is 0. The molecule has 22 heavy (non-hydrogen) atoms. The summed E-state index contributed by atoms with van der Waals surface area (Å²) in [5.41, 5.74) is 2.00. The third-order valence-electron chi connectivity index (χ3n) is 3.40. The number of phenolic OH excluding ortho intramolecular Hbond substituents is 1. The first-order valence-electron chi connectivity index (χ1n) is 7.35. The van der Waals surface area contributed by atoms with Gasteiger partial charge < -0.3 is 10.2 Å². The van der Waals surface area contributed by atoms with Gasteiger partial charge in [0.2, 0.25) is 0 Å². The first-order valence-corrected chi connectivity index (χ1v) is 7.35. The van der Waals surface area contributed by atoms with Gasteiger partial charge in [0.05, 0.1) is 6.10 Å². The van der Waals surface area contributed by atoms with Crippen molar-refractivity contribution in [2.75, 3.05) is 0 Å².